The average molecular weight is 299 g/mol. The molecule has 0 unspecified atom stereocenters. The minimum atomic E-state index is -0.428. The van der Waals surface area contributed by atoms with E-state index in [1.807, 2.05) is 0 Å². The Balaban J connectivity index is 2.09. The van der Waals surface area contributed by atoms with Gasteiger partial charge in [0.15, 0.2) is 0 Å². The van der Waals surface area contributed by atoms with Gasteiger partial charge in [-0.2, -0.15) is 0 Å². The van der Waals surface area contributed by atoms with Crippen molar-refractivity contribution in [1.82, 2.24) is 5.32 Å². The summed E-state index contributed by atoms with van der Waals surface area (Å²) in [7, 11) is 0. The van der Waals surface area contributed by atoms with E-state index in [4.69, 9.17) is 11.6 Å². The minimum absolute atomic E-state index is 0.0351. The molecule has 0 spiro atoms. The second kappa shape index (κ2) is 6.52. The number of halogens is 1. The van der Waals surface area contributed by atoms with E-state index in [0.717, 1.165) is 25.7 Å². The Morgan fingerprint density at radius 3 is 2.65 bits per heavy atom. The number of nitro benzene ring substituents is 1. The van der Waals surface area contributed by atoms with Crippen molar-refractivity contribution in [3.8, 4) is 0 Å². The molecular formula is C14H19ClN2O3. The maximum Gasteiger partial charge on any atom is 0.269 e. The lowest BCUT2D eigenvalue weighted by molar-refractivity contribution is -0.384. The molecule has 110 valence electrons. The zero-order valence-corrected chi connectivity index (χ0v) is 12.0. The predicted molar refractivity (Wildman–Crippen MR) is 77.8 cm³/mol. The van der Waals surface area contributed by atoms with Crippen LogP contribution in [0, 0.1) is 10.1 Å². The molecule has 0 atom stereocenters. The summed E-state index contributed by atoms with van der Waals surface area (Å²) in [5.74, 6) is 0. The molecule has 0 bridgehead atoms. The molecule has 20 heavy (non-hydrogen) atoms. The third-order valence-electron chi connectivity index (χ3n) is 4.01. The van der Waals surface area contributed by atoms with Crippen molar-refractivity contribution < 1.29 is 10.0 Å². The number of benzene rings is 1. The van der Waals surface area contributed by atoms with Gasteiger partial charge in [0.1, 0.15) is 0 Å². The molecule has 1 aliphatic rings. The summed E-state index contributed by atoms with van der Waals surface area (Å²) in [5.41, 5.74) is 0.457. The van der Waals surface area contributed by atoms with Gasteiger partial charge >= 0.3 is 0 Å². The fourth-order valence-corrected chi connectivity index (χ4v) is 2.90. The van der Waals surface area contributed by atoms with Crippen LogP contribution in [0.25, 0.3) is 0 Å². The van der Waals surface area contributed by atoms with Gasteiger partial charge in [-0.3, -0.25) is 10.1 Å². The van der Waals surface area contributed by atoms with Gasteiger partial charge in [0, 0.05) is 29.2 Å². The second-order valence-electron chi connectivity index (χ2n) is 5.39. The lowest BCUT2D eigenvalue weighted by Crippen LogP contribution is -2.49. The zero-order valence-electron chi connectivity index (χ0n) is 11.3. The Labute approximate surface area is 123 Å². The third kappa shape index (κ3) is 3.48. The van der Waals surface area contributed by atoms with Gasteiger partial charge in [-0.1, -0.05) is 30.9 Å². The fourth-order valence-electron chi connectivity index (χ4n) is 2.71. The van der Waals surface area contributed by atoms with Gasteiger partial charge in [0.25, 0.3) is 5.69 Å². The van der Waals surface area contributed by atoms with Gasteiger partial charge in [0.05, 0.1) is 11.5 Å². The topological polar surface area (TPSA) is 75.4 Å². The maximum absolute atomic E-state index is 10.8. The summed E-state index contributed by atoms with van der Waals surface area (Å²) in [4.78, 5) is 10.4. The number of non-ortho nitro benzene ring substituents is 1. The lowest BCUT2D eigenvalue weighted by Gasteiger charge is -2.36. The normalized spacial score (nSPS) is 17.9. The van der Waals surface area contributed by atoms with E-state index in [0.29, 0.717) is 17.1 Å². The van der Waals surface area contributed by atoms with Crippen molar-refractivity contribution in [2.24, 2.45) is 0 Å². The highest BCUT2D eigenvalue weighted by atomic mass is 35.5. The van der Waals surface area contributed by atoms with Crippen LogP contribution in [0.2, 0.25) is 5.02 Å². The Morgan fingerprint density at radius 1 is 1.35 bits per heavy atom. The van der Waals surface area contributed by atoms with E-state index in [9.17, 15) is 15.2 Å². The highest BCUT2D eigenvalue weighted by Gasteiger charge is 2.30. The molecule has 1 fully saturated rings. The van der Waals surface area contributed by atoms with Crippen LogP contribution in [0.4, 0.5) is 5.69 Å². The first-order chi connectivity index (χ1) is 9.56. The van der Waals surface area contributed by atoms with Crippen molar-refractivity contribution in [2.75, 3.05) is 6.61 Å². The third-order valence-corrected chi connectivity index (χ3v) is 4.38. The molecule has 1 aromatic carbocycles. The number of nitro groups is 1. The quantitative estimate of drug-likeness (QED) is 0.647. The minimum Gasteiger partial charge on any atom is -0.394 e. The first-order valence-electron chi connectivity index (χ1n) is 6.85. The maximum atomic E-state index is 10.8. The van der Waals surface area contributed by atoms with Crippen molar-refractivity contribution in [2.45, 2.75) is 44.2 Å². The average Bonchev–Trinajstić information content (AvgIpc) is 2.47. The molecule has 0 saturated heterocycles. The number of nitrogens with one attached hydrogen (secondary N) is 1. The molecule has 6 heteroatoms. The van der Waals surface area contributed by atoms with E-state index >= 15 is 0 Å². The van der Waals surface area contributed by atoms with Gasteiger partial charge in [0.2, 0.25) is 0 Å². The Hall–Kier alpha value is -1.17. The fraction of sp³-hybridized carbons (Fsp3) is 0.571. The Bertz CT molecular complexity index is 487. The Morgan fingerprint density at radius 2 is 2.05 bits per heavy atom. The molecular weight excluding hydrogens is 280 g/mol. The number of nitrogens with zero attached hydrogens (tertiary/aromatic N) is 1. The van der Waals surface area contributed by atoms with Gasteiger partial charge in [-0.25, -0.2) is 0 Å². The smallest absolute Gasteiger partial charge is 0.269 e. The van der Waals surface area contributed by atoms with E-state index in [1.165, 1.54) is 18.6 Å². The van der Waals surface area contributed by atoms with Crippen molar-refractivity contribution in [3.05, 3.63) is 38.9 Å². The van der Waals surface area contributed by atoms with Crippen LogP contribution in [0.3, 0.4) is 0 Å². The van der Waals surface area contributed by atoms with Crippen LogP contribution in [-0.4, -0.2) is 22.2 Å². The first-order valence-corrected chi connectivity index (χ1v) is 7.23. The van der Waals surface area contributed by atoms with Gasteiger partial charge in [-0.15, -0.1) is 0 Å². The highest BCUT2D eigenvalue weighted by Crippen LogP contribution is 2.29. The molecule has 0 heterocycles. The van der Waals surface area contributed by atoms with E-state index in [-0.39, 0.29) is 17.8 Å². The molecule has 5 nitrogen and oxygen atoms in total. The monoisotopic (exact) mass is 298 g/mol. The molecule has 0 radical (unpaired) electrons. The molecule has 1 aliphatic carbocycles. The van der Waals surface area contributed by atoms with Crippen molar-refractivity contribution >= 4 is 17.3 Å². The van der Waals surface area contributed by atoms with Crippen LogP contribution in [0.15, 0.2) is 18.2 Å². The molecule has 0 aromatic heterocycles. The molecule has 0 aliphatic heterocycles. The largest absolute Gasteiger partial charge is 0.394 e. The summed E-state index contributed by atoms with van der Waals surface area (Å²) in [6.07, 6.45) is 5.24. The summed E-state index contributed by atoms with van der Waals surface area (Å²) in [5, 5.41) is 24.3. The number of hydrogen-bond donors (Lipinski definition) is 2. The highest BCUT2D eigenvalue weighted by molar-refractivity contribution is 6.31. The van der Waals surface area contributed by atoms with Gasteiger partial charge < -0.3 is 10.4 Å². The summed E-state index contributed by atoms with van der Waals surface area (Å²) < 4.78 is 0. The number of aliphatic hydroxyl groups is 1. The van der Waals surface area contributed by atoms with Crippen molar-refractivity contribution in [1.29, 1.82) is 0 Å². The van der Waals surface area contributed by atoms with Crippen LogP contribution >= 0.6 is 11.6 Å². The zero-order chi connectivity index (χ0) is 14.6. The van der Waals surface area contributed by atoms with E-state index in [1.54, 1.807) is 6.07 Å². The Kier molecular flexibility index (Phi) is 4.96. The van der Waals surface area contributed by atoms with E-state index < -0.39 is 4.92 Å². The SMILES string of the molecule is O=[N+]([O-])c1ccc(Cl)c(CNC2(CO)CCCCC2)c1. The van der Waals surface area contributed by atoms with Crippen LogP contribution < -0.4 is 5.32 Å². The molecule has 1 aromatic rings. The standard InChI is InChI=1S/C14H19ClN2O3/c15-13-5-4-12(17(19)20)8-11(13)9-16-14(10-18)6-2-1-3-7-14/h4-5,8,16,18H,1-3,6-7,9-10H2. The molecule has 2 rings (SSSR count). The second-order valence-corrected chi connectivity index (χ2v) is 5.79. The molecule has 2 N–H and O–H groups in total. The van der Waals surface area contributed by atoms with Crippen LogP contribution in [0.1, 0.15) is 37.7 Å². The summed E-state index contributed by atoms with van der Waals surface area (Å²) in [6, 6.07) is 4.43. The number of rotatable bonds is 5. The summed E-state index contributed by atoms with van der Waals surface area (Å²) >= 11 is 6.08. The van der Waals surface area contributed by atoms with Crippen molar-refractivity contribution in [3.63, 3.8) is 0 Å². The van der Waals surface area contributed by atoms with Gasteiger partial charge in [-0.05, 0) is 24.5 Å². The summed E-state index contributed by atoms with van der Waals surface area (Å²) in [6.45, 7) is 0.515. The lowest BCUT2D eigenvalue weighted by atomic mass is 9.82. The van der Waals surface area contributed by atoms with Crippen LogP contribution in [-0.2, 0) is 6.54 Å². The number of hydrogen-bond acceptors (Lipinski definition) is 4. The number of aliphatic hydroxyl groups excluding tert-OH is 1. The van der Waals surface area contributed by atoms with E-state index in [2.05, 4.69) is 5.32 Å². The molecule has 1 saturated carbocycles. The predicted octanol–water partition coefficient (Wildman–Crippen LogP) is 3.03. The molecule has 0 amide bonds. The first kappa shape index (κ1) is 15.2. The van der Waals surface area contributed by atoms with Crippen LogP contribution in [0.5, 0.6) is 0 Å².